The Hall–Kier alpha value is -2.47. The van der Waals surface area contributed by atoms with Gasteiger partial charge in [-0.1, -0.05) is 37.1 Å². The Labute approximate surface area is 137 Å². The summed E-state index contributed by atoms with van der Waals surface area (Å²) >= 11 is 6.28. The van der Waals surface area contributed by atoms with Gasteiger partial charge in [0, 0.05) is 12.0 Å². The number of aryl methyl sites for hydroxylation is 1. The topological polar surface area (TPSA) is 71.8 Å². The zero-order valence-corrected chi connectivity index (χ0v) is 13.4. The number of rotatable bonds is 4. The van der Waals surface area contributed by atoms with E-state index in [0.717, 1.165) is 47.3 Å². The largest absolute Gasteiger partial charge is 0.261 e. The molecule has 0 fully saturated rings. The van der Waals surface area contributed by atoms with Crippen LogP contribution in [-0.4, -0.2) is 29.8 Å². The lowest BCUT2D eigenvalue weighted by atomic mass is 10.2. The van der Waals surface area contributed by atoms with Crippen LogP contribution in [0.25, 0.3) is 28.1 Å². The van der Waals surface area contributed by atoms with Gasteiger partial charge in [-0.2, -0.15) is 9.61 Å². The Bertz CT molecular complexity index is 987. The van der Waals surface area contributed by atoms with Gasteiger partial charge in [-0.3, -0.25) is 5.10 Å². The summed E-state index contributed by atoms with van der Waals surface area (Å²) in [5.41, 5.74) is 2.31. The first kappa shape index (κ1) is 14.1. The molecule has 0 aliphatic carbocycles. The molecule has 0 saturated heterocycles. The number of halogens is 1. The molecule has 0 atom stereocenters. The minimum Gasteiger partial charge on any atom is -0.261 e. The average molecular weight is 327 g/mol. The van der Waals surface area contributed by atoms with Crippen molar-refractivity contribution in [2.45, 2.75) is 26.2 Å². The molecule has 23 heavy (non-hydrogen) atoms. The number of benzene rings is 1. The molecule has 6 nitrogen and oxygen atoms in total. The van der Waals surface area contributed by atoms with E-state index >= 15 is 0 Å². The summed E-state index contributed by atoms with van der Waals surface area (Å²) in [4.78, 5) is 9.32. The van der Waals surface area contributed by atoms with Crippen LogP contribution in [0.1, 0.15) is 25.6 Å². The van der Waals surface area contributed by atoms with Gasteiger partial charge in [0.05, 0.1) is 16.6 Å². The van der Waals surface area contributed by atoms with E-state index in [4.69, 9.17) is 11.6 Å². The van der Waals surface area contributed by atoms with Gasteiger partial charge in [-0.15, -0.1) is 5.10 Å². The summed E-state index contributed by atoms with van der Waals surface area (Å²) in [5.74, 6) is 1.48. The van der Waals surface area contributed by atoms with Crippen LogP contribution < -0.4 is 0 Å². The molecule has 7 heteroatoms. The summed E-state index contributed by atoms with van der Waals surface area (Å²) in [6.45, 7) is 2.16. The summed E-state index contributed by atoms with van der Waals surface area (Å²) < 4.78 is 1.81. The number of nitrogens with zero attached hydrogens (tertiary/aromatic N) is 5. The van der Waals surface area contributed by atoms with Crippen molar-refractivity contribution in [2.24, 2.45) is 0 Å². The maximum Gasteiger partial charge on any atom is 0.183 e. The van der Waals surface area contributed by atoms with Crippen LogP contribution in [0, 0.1) is 0 Å². The number of aromatic nitrogens is 6. The highest BCUT2D eigenvalue weighted by molar-refractivity contribution is 6.33. The molecule has 116 valence electrons. The van der Waals surface area contributed by atoms with Crippen LogP contribution in [0.2, 0.25) is 5.02 Å². The molecule has 0 spiro atoms. The number of hydrogen-bond acceptors (Lipinski definition) is 4. The monoisotopic (exact) mass is 326 g/mol. The summed E-state index contributed by atoms with van der Waals surface area (Å²) in [6.07, 6.45) is 4.71. The molecule has 3 heterocycles. The second kappa shape index (κ2) is 5.62. The van der Waals surface area contributed by atoms with Gasteiger partial charge < -0.3 is 0 Å². The maximum absolute atomic E-state index is 6.28. The van der Waals surface area contributed by atoms with Gasteiger partial charge >= 0.3 is 0 Å². The second-order valence-corrected chi connectivity index (χ2v) is 5.82. The fourth-order valence-corrected chi connectivity index (χ4v) is 2.84. The molecule has 0 bridgehead atoms. The minimum atomic E-state index is 0.601. The molecule has 1 N–H and O–H groups in total. The van der Waals surface area contributed by atoms with Gasteiger partial charge in [-0.05, 0) is 18.6 Å². The SMILES string of the molecule is CCCCc1nc2[nH]ncc2c2nc(-c3ccccc3Cl)nn12. The highest BCUT2D eigenvalue weighted by atomic mass is 35.5. The Balaban J connectivity index is 1.97. The van der Waals surface area contributed by atoms with Crippen molar-refractivity contribution in [1.82, 2.24) is 29.8 Å². The highest BCUT2D eigenvalue weighted by Crippen LogP contribution is 2.27. The lowest BCUT2D eigenvalue weighted by Crippen LogP contribution is -2.03. The Kier molecular flexibility index (Phi) is 3.46. The average Bonchev–Trinajstić information content (AvgIpc) is 3.19. The van der Waals surface area contributed by atoms with Gasteiger partial charge in [0.15, 0.2) is 17.1 Å². The lowest BCUT2D eigenvalue weighted by molar-refractivity contribution is 0.718. The van der Waals surface area contributed by atoms with Gasteiger partial charge in [0.25, 0.3) is 0 Å². The van der Waals surface area contributed by atoms with Crippen LogP contribution in [-0.2, 0) is 6.42 Å². The maximum atomic E-state index is 6.28. The fraction of sp³-hybridized carbons (Fsp3) is 0.250. The van der Waals surface area contributed by atoms with Crippen LogP contribution in [0.3, 0.4) is 0 Å². The molecule has 0 aliphatic heterocycles. The Morgan fingerprint density at radius 3 is 2.91 bits per heavy atom. The molecule has 0 saturated carbocycles. The van der Waals surface area contributed by atoms with Gasteiger partial charge in [0.1, 0.15) is 5.82 Å². The van der Waals surface area contributed by atoms with Crippen molar-refractivity contribution in [2.75, 3.05) is 0 Å². The molecule has 0 amide bonds. The summed E-state index contributed by atoms with van der Waals surface area (Å²) in [5, 5.41) is 13.1. The summed E-state index contributed by atoms with van der Waals surface area (Å²) in [7, 11) is 0. The fourth-order valence-electron chi connectivity index (χ4n) is 2.62. The molecular weight excluding hydrogens is 312 g/mol. The third-order valence-corrected chi connectivity index (χ3v) is 4.15. The molecule has 0 aliphatic rings. The minimum absolute atomic E-state index is 0.601. The van der Waals surface area contributed by atoms with E-state index in [2.05, 4.69) is 32.2 Å². The predicted molar refractivity (Wildman–Crippen MR) is 89.5 cm³/mol. The Morgan fingerprint density at radius 2 is 2.09 bits per heavy atom. The van der Waals surface area contributed by atoms with Crippen LogP contribution >= 0.6 is 11.6 Å². The standard InChI is InChI=1S/C16H15ClN6/c1-2-3-8-13-19-14-11(9-18-21-14)16-20-15(22-23(13)16)10-6-4-5-7-12(10)17/h4-7,9H,2-3,8H2,1H3,(H,18,21). The predicted octanol–water partition coefficient (Wildman–Crippen LogP) is 3.66. The van der Waals surface area contributed by atoms with Crippen LogP contribution in [0.4, 0.5) is 0 Å². The van der Waals surface area contributed by atoms with Crippen molar-refractivity contribution < 1.29 is 0 Å². The first-order valence-corrected chi connectivity index (χ1v) is 7.99. The number of hydrogen-bond donors (Lipinski definition) is 1. The highest BCUT2D eigenvalue weighted by Gasteiger charge is 2.16. The molecular formula is C16H15ClN6. The number of unbranched alkanes of at least 4 members (excludes halogenated alkanes) is 1. The van der Waals surface area contributed by atoms with E-state index in [0.29, 0.717) is 10.8 Å². The Morgan fingerprint density at radius 1 is 1.22 bits per heavy atom. The molecule has 3 aromatic heterocycles. The van der Waals surface area contributed by atoms with E-state index in [1.54, 1.807) is 6.20 Å². The van der Waals surface area contributed by atoms with E-state index in [1.807, 2.05) is 28.8 Å². The lowest BCUT2D eigenvalue weighted by Gasteiger charge is -2.02. The number of aromatic amines is 1. The molecule has 4 rings (SSSR count). The smallest absolute Gasteiger partial charge is 0.183 e. The van der Waals surface area contributed by atoms with E-state index in [9.17, 15) is 0 Å². The summed E-state index contributed by atoms with van der Waals surface area (Å²) in [6, 6.07) is 7.58. The number of nitrogens with one attached hydrogen (secondary N) is 1. The first-order valence-electron chi connectivity index (χ1n) is 7.61. The third kappa shape index (κ3) is 2.35. The quantitative estimate of drug-likeness (QED) is 0.621. The van der Waals surface area contributed by atoms with E-state index in [1.165, 1.54) is 0 Å². The second-order valence-electron chi connectivity index (χ2n) is 5.41. The van der Waals surface area contributed by atoms with Crippen LogP contribution in [0.5, 0.6) is 0 Å². The van der Waals surface area contributed by atoms with E-state index < -0.39 is 0 Å². The van der Waals surface area contributed by atoms with Gasteiger partial charge in [0.2, 0.25) is 0 Å². The zero-order valence-electron chi connectivity index (χ0n) is 12.6. The van der Waals surface area contributed by atoms with Crippen molar-refractivity contribution in [3.63, 3.8) is 0 Å². The van der Waals surface area contributed by atoms with Crippen molar-refractivity contribution in [1.29, 1.82) is 0 Å². The van der Waals surface area contributed by atoms with Gasteiger partial charge in [-0.25, -0.2) is 9.97 Å². The molecule has 0 radical (unpaired) electrons. The molecule has 1 aromatic carbocycles. The van der Waals surface area contributed by atoms with Crippen molar-refractivity contribution in [3.8, 4) is 11.4 Å². The zero-order chi connectivity index (χ0) is 15.8. The van der Waals surface area contributed by atoms with Crippen molar-refractivity contribution in [3.05, 3.63) is 41.3 Å². The number of fused-ring (bicyclic) bond motifs is 3. The third-order valence-electron chi connectivity index (χ3n) is 3.82. The normalized spacial score (nSPS) is 11.6. The molecule has 4 aromatic rings. The first-order chi connectivity index (χ1) is 11.3. The number of H-pyrrole nitrogens is 1. The van der Waals surface area contributed by atoms with Crippen LogP contribution in [0.15, 0.2) is 30.5 Å². The molecule has 0 unspecified atom stereocenters. The van der Waals surface area contributed by atoms with E-state index in [-0.39, 0.29) is 0 Å². The van der Waals surface area contributed by atoms with Crippen molar-refractivity contribution >= 4 is 28.3 Å².